The topological polar surface area (TPSA) is 78.8 Å². The van der Waals surface area contributed by atoms with Crippen LogP contribution in [-0.4, -0.2) is 27.1 Å². The summed E-state index contributed by atoms with van der Waals surface area (Å²) in [6, 6.07) is 17.5. The second-order valence-corrected chi connectivity index (χ2v) is 10.0. The molecule has 0 fully saturated rings. The monoisotopic (exact) mass is 463 g/mol. The number of carbonyl (C=O) groups is 1. The van der Waals surface area contributed by atoms with Gasteiger partial charge in [-0.2, -0.15) is 5.10 Å². The molecule has 0 spiro atoms. The molecule has 0 aromatic heterocycles. The first kappa shape index (κ1) is 24.2. The summed E-state index contributed by atoms with van der Waals surface area (Å²) in [6.45, 7) is 9.48. The van der Waals surface area contributed by atoms with Crippen LogP contribution in [0.15, 0.2) is 70.7 Å². The van der Waals surface area contributed by atoms with Crippen LogP contribution in [0.4, 0.5) is 5.69 Å². The maximum Gasteiger partial charge on any atom is 0.264 e. The Kier molecular flexibility index (Phi) is 7.33. The van der Waals surface area contributed by atoms with Gasteiger partial charge in [-0.05, 0) is 81.1 Å². The minimum absolute atomic E-state index is 0.121. The number of nitrogens with zero attached hydrogens (tertiary/aromatic N) is 2. The Morgan fingerprint density at radius 2 is 1.42 bits per heavy atom. The van der Waals surface area contributed by atoms with Gasteiger partial charge < -0.3 is 0 Å². The highest BCUT2D eigenvalue weighted by Crippen LogP contribution is 2.24. The van der Waals surface area contributed by atoms with Crippen molar-refractivity contribution in [1.82, 2.24) is 5.43 Å². The number of hydrogen-bond donors (Lipinski definition) is 1. The zero-order valence-electron chi connectivity index (χ0n) is 19.6. The highest BCUT2D eigenvalue weighted by atomic mass is 32.2. The molecule has 3 aromatic rings. The van der Waals surface area contributed by atoms with Crippen LogP contribution in [0.5, 0.6) is 0 Å². The predicted octanol–water partition coefficient (Wildman–Crippen LogP) is 4.57. The number of aryl methyl sites for hydroxylation is 3. The van der Waals surface area contributed by atoms with Crippen LogP contribution in [0.3, 0.4) is 0 Å². The van der Waals surface area contributed by atoms with Crippen molar-refractivity contribution >= 4 is 27.8 Å². The third-order valence-corrected chi connectivity index (χ3v) is 7.50. The maximum absolute atomic E-state index is 13.4. The number of carbonyl (C=O) groups excluding carboxylic acids is 1. The lowest BCUT2D eigenvalue weighted by molar-refractivity contribution is -0.119. The number of hydrazone groups is 1. The molecule has 0 saturated heterocycles. The van der Waals surface area contributed by atoms with Crippen molar-refractivity contribution in [3.63, 3.8) is 0 Å². The van der Waals surface area contributed by atoms with Crippen molar-refractivity contribution < 1.29 is 13.2 Å². The second kappa shape index (κ2) is 10.0. The Bertz CT molecular complexity index is 1280. The molecule has 0 bridgehead atoms. The van der Waals surface area contributed by atoms with Gasteiger partial charge in [0.05, 0.1) is 16.8 Å². The molecule has 0 saturated carbocycles. The third kappa shape index (κ3) is 5.68. The molecule has 3 rings (SSSR count). The largest absolute Gasteiger partial charge is 0.271 e. The van der Waals surface area contributed by atoms with E-state index in [0.29, 0.717) is 5.69 Å². The van der Waals surface area contributed by atoms with Gasteiger partial charge in [0, 0.05) is 0 Å². The van der Waals surface area contributed by atoms with Crippen molar-refractivity contribution in [1.29, 1.82) is 0 Å². The Morgan fingerprint density at radius 1 is 0.848 bits per heavy atom. The molecule has 0 aliphatic carbocycles. The summed E-state index contributed by atoms with van der Waals surface area (Å²) in [5.41, 5.74) is 9.13. The third-order valence-electron chi connectivity index (χ3n) is 5.71. The standard InChI is InChI=1S/C26H29N3O3S/c1-18-6-12-24(13-7-18)29(33(31,32)25-14-8-19(2)9-15-25)17-26(30)28-27-16-23-11-10-20(3)21(4)22(23)5/h6-16H,17H2,1-5H3,(H,28,30)/b27-16-. The van der Waals surface area contributed by atoms with Gasteiger partial charge >= 0.3 is 0 Å². The van der Waals surface area contributed by atoms with E-state index in [1.165, 1.54) is 11.1 Å². The SMILES string of the molecule is Cc1ccc(N(CC(=O)N/N=C\c2ccc(C)c(C)c2C)S(=O)(=O)c2ccc(C)cc2)cc1. The molecule has 0 radical (unpaired) electrons. The number of nitrogens with one attached hydrogen (secondary N) is 1. The zero-order valence-corrected chi connectivity index (χ0v) is 20.4. The molecule has 1 N–H and O–H groups in total. The summed E-state index contributed by atoms with van der Waals surface area (Å²) in [5, 5.41) is 4.05. The summed E-state index contributed by atoms with van der Waals surface area (Å²) in [5.74, 6) is -0.538. The van der Waals surface area contributed by atoms with Crippen LogP contribution in [0.2, 0.25) is 0 Å². The molecule has 0 aliphatic rings. The van der Waals surface area contributed by atoms with E-state index >= 15 is 0 Å². The van der Waals surface area contributed by atoms with Gasteiger partial charge in [0.2, 0.25) is 0 Å². The summed E-state index contributed by atoms with van der Waals surface area (Å²) >= 11 is 0. The van der Waals surface area contributed by atoms with Gasteiger partial charge in [0.1, 0.15) is 6.54 Å². The number of sulfonamides is 1. The molecule has 33 heavy (non-hydrogen) atoms. The van der Waals surface area contributed by atoms with Crippen LogP contribution in [0.25, 0.3) is 0 Å². The van der Waals surface area contributed by atoms with Gasteiger partial charge in [-0.25, -0.2) is 13.8 Å². The smallest absolute Gasteiger partial charge is 0.264 e. The molecular weight excluding hydrogens is 434 g/mol. The molecule has 7 heteroatoms. The number of hydrogen-bond acceptors (Lipinski definition) is 4. The minimum atomic E-state index is -3.95. The van der Waals surface area contributed by atoms with Crippen molar-refractivity contribution in [3.8, 4) is 0 Å². The maximum atomic E-state index is 13.4. The van der Waals surface area contributed by atoms with E-state index in [4.69, 9.17) is 0 Å². The van der Waals surface area contributed by atoms with Crippen molar-refractivity contribution in [2.45, 2.75) is 39.5 Å². The van der Waals surface area contributed by atoms with Gasteiger partial charge in [0.25, 0.3) is 15.9 Å². The number of anilines is 1. The average molecular weight is 464 g/mol. The van der Waals surface area contributed by atoms with Gasteiger partial charge in [-0.15, -0.1) is 0 Å². The zero-order chi connectivity index (χ0) is 24.2. The summed E-state index contributed by atoms with van der Waals surface area (Å²) in [7, 11) is -3.95. The molecule has 172 valence electrons. The normalized spacial score (nSPS) is 11.5. The molecule has 6 nitrogen and oxygen atoms in total. The van der Waals surface area contributed by atoms with Gasteiger partial charge in [-0.3, -0.25) is 9.10 Å². The van der Waals surface area contributed by atoms with Crippen molar-refractivity contribution in [2.75, 3.05) is 10.8 Å². The van der Waals surface area contributed by atoms with E-state index in [-0.39, 0.29) is 4.90 Å². The highest BCUT2D eigenvalue weighted by molar-refractivity contribution is 7.92. The van der Waals surface area contributed by atoms with Crippen LogP contribution in [0.1, 0.15) is 33.4 Å². The van der Waals surface area contributed by atoms with Crippen LogP contribution >= 0.6 is 0 Å². The van der Waals surface area contributed by atoms with E-state index in [2.05, 4.69) is 10.5 Å². The molecule has 0 heterocycles. The lowest BCUT2D eigenvalue weighted by Crippen LogP contribution is -2.39. The van der Waals surface area contributed by atoms with E-state index in [9.17, 15) is 13.2 Å². The Morgan fingerprint density at radius 3 is 2.03 bits per heavy atom. The lowest BCUT2D eigenvalue weighted by Gasteiger charge is -2.24. The molecule has 3 aromatic carbocycles. The van der Waals surface area contributed by atoms with E-state index in [1.807, 2.05) is 58.9 Å². The van der Waals surface area contributed by atoms with Crippen LogP contribution in [0, 0.1) is 34.6 Å². The summed E-state index contributed by atoms with van der Waals surface area (Å²) in [6.07, 6.45) is 1.57. The van der Waals surface area contributed by atoms with Gasteiger partial charge in [0.15, 0.2) is 0 Å². The van der Waals surface area contributed by atoms with Crippen LogP contribution in [-0.2, 0) is 14.8 Å². The molecular formula is C26H29N3O3S. The first-order valence-corrected chi connectivity index (χ1v) is 12.1. The quantitative estimate of drug-likeness (QED) is 0.412. The first-order valence-electron chi connectivity index (χ1n) is 10.6. The lowest BCUT2D eigenvalue weighted by atomic mass is 10.00. The minimum Gasteiger partial charge on any atom is -0.271 e. The second-order valence-electron chi connectivity index (χ2n) is 8.18. The molecule has 0 atom stereocenters. The Labute approximate surface area is 196 Å². The Hall–Kier alpha value is -3.45. The molecule has 0 aliphatic heterocycles. The summed E-state index contributed by atoms with van der Waals surface area (Å²) < 4.78 is 27.9. The fraction of sp³-hybridized carbons (Fsp3) is 0.231. The average Bonchev–Trinajstić information content (AvgIpc) is 2.78. The van der Waals surface area contributed by atoms with Crippen molar-refractivity contribution in [3.05, 3.63) is 94.0 Å². The molecule has 0 unspecified atom stereocenters. The van der Waals surface area contributed by atoms with E-state index in [0.717, 1.165) is 26.6 Å². The highest BCUT2D eigenvalue weighted by Gasteiger charge is 2.27. The number of amides is 1. The summed E-state index contributed by atoms with van der Waals surface area (Å²) in [4.78, 5) is 12.8. The first-order chi connectivity index (χ1) is 15.6. The predicted molar refractivity (Wildman–Crippen MR) is 133 cm³/mol. The van der Waals surface area contributed by atoms with Crippen molar-refractivity contribution in [2.24, 2.45) is 5.10 Å². The fourth-order valence-corrected chi connectivity index (χ4v) is 4.74. The molecule has 1 amide bonds. The Balaban J connectivity index is 1.84. The van der Waals surface area contributed by atoms with E-state index < -0.39 is 22.5 Å². The van der Waals surface area contributed by atoms with E-state index in [1.54, 1.807) is 42.6 Å². The fourth-order valence-electron chi connectivity index (χ4n) is 3.32. The van der Waals surface area contributed by atoms with Crippen LogP contribution < -0.4 is 9.73 Å². The van der Waals surface area contributed by atoms with Gasteiger partial charge in [-0.1, -0.05) is 47.5 Å². The number of rotatable bonds is 7. The number of benzene rings is 3.